The van der Waals surface area contributed by atoms with Gasteiger partial charge in [-0.25, -0.2) is 0 Å². The van der Waals surface area contributed by atoms with Crippen molar-refractivity contribution in [3.63, 3.8) is 0 Å². The van der Waals surface area contributed by atoms with Crippen molar-refractivity contribution in [2.75, 3.05) is 0 Å². The number of nitrogens with two attached hydrogens (primary N) is 1. The van der Waals surface area contributed by atoms with Crippen molar-refractivity contribution >= 4 is 0 Å². The van der Waals surface area contributed by atoms with E-state index in [1.54, 1.807) is 0 Å². The molecule has 2 N–H and O–H groups in total. The van der Waals surface area contributed by atoms with Crippen LogP contribution in [0.3, 0.4) is 0 Å². The van der Waals surface area contributed by atoms with Crippen molar-refractivity contribution in [2.24, 2.45) is 29.4 Å². The summed E-state index contributed by atoms with van der Waals surface area (Å²) in [5.41, 5.74) is 8.19. The van der Waals surface area contributed by atoms with E-state index in [2.05, 4.69) is 19.9 Å². The van der Waals surface area contributed by atoms with Gasteiger partial charge in [0.1, 0.15) is 0 Å². The molecular weight excluding hydrogens is 182 g/mol. The van der Waals surface area contributed by atoms with Crippen LogP contribution in [-0.2, 0) is 0 Å². The summed E-state index contributed by atoms with van der Waals surface area (Å²) in [5, 5.41) is 0. The fourth-order valence-electron chi connectivity index (χ4n) is 4.74. The van der Waals surface area contributed by atoms with Gasteiger partial charge in [0, 0.05) is 5.54 Å². The van der Waals surface area contributed by atoms with Gasteiger partial charge in [-0.05, 0) is 69.6 Å². The SMILES string of the molecule is CC(C)=CC1(N)C2CC3CC(C2)CC1C3. The molecule has 0 unspecified atom stereocenters. The molecule has 0 aromatic heterocycles. The molecule has 0 heterocycles. The van der Waals surface area contributed by atoms with Crippen LogP contribution in [0.4, 0.5) is 0 Å². The summed E-state index contributed by atoms with van der Waals surface area (Å²) in [6.45, 7) is 4.39. The molecule has 0 aromatic rings. The molecule has 0 atom stereocenters. The van der Waals surface area contributed by atoms with Gasteiger partial charge in [-0.3, -0.25) is 0 Å². The third-order valence-electron chi connectivity index (χ3n) is 5.09. The summed E-state index contributed by atoms with van der Waals surface area (Å²) >= 11 is 0. The standard InChI is InChI=1S/C14H23N/c1-9(2)8-14(15)12-4-10-3-11(6-12)7-13(14)5-10/h8,10-13H,3-7,15H2,1-2H3. The number of hydrogen-bond acceptors (Lipinski definition) is 1. The van der Waals surface area contributed by atoms with Crippen LogP contribution in [0.1, 0.15) is 46.0 Å². The van der Waals surface area contributed by atoms with Crippen LogP contribution in [0.2, 0.25) is 0 Å². The van der Waals surface area contributed by atoms with Crippen LogP contribution in [-0.4, -0.2) is 5.54 Å². The van der Waals surface area contributed by atoms with Gasteiger partial charge in [0.15, 0.2) is 0 Å². The Kier molecular flexibility index (Phi) is 2.04. The molecule has 4 bridgehead atoms. The molecule has 0 saturated heterocycles. The zero-order chi connectivity index (χ0) is 10.6. The first kappa shape index (κ1) is 9.89. The van der Waals surface area contributed by atoms with Gasteiger partial charge in [0.05, 0.1) is 0 Å². The van der Waals surface area contributed by atoms with E-state index in [1.807, 2.05) is 0 Å². The minimum Gasteiger partial charge on any atom is -0.321 e. The van der Waals surface area contributed by atoms with E-state index in [0.717, 1.165) is 23.7 Å². The number of allylic oxidation sites excluding steroid dienone is 1. The highest BCUT2D eigenvalue weighted by Gasteiger charge is 2.54. The van der Waals surface area contributed by atoms with E-state index in [-0.39, 0.29) is 5.54 Å². The van der Waals surface area contributed by atoms with Crippen LogP contribution in [0.25, 0.3) is 0 Å². The van der Waals surface area contributed by atoms with Crippen molar-refractivity contribution in [3.05, 3.63) is 11.6 Å². The Labute approximate surface area is 93.1 Å². The van der Waals surface area contributed by atoms with Gasteiger partial charge in [0.2, 0.25) is 0 Å². The highest BCUT2D eigenvalue weighted by Crippen LogP contribution is 2.57. The highest BCUT2D eigenvalue weighted by atomic mass is 14.8. The lowest BCUT2D eigenvalue weighted by Crippen LogP contribution is -2.61. The van der Waals surface area contributed by atoms with Gasteiger partial charge < -0.3 is 5.73 Å². The quantitative estimate of drug-likeness (QED) is 0.654. The Balaban J connectivity index is 1.94. The summed E-state index contributed by atoms with van der Waals surface area (Å²) in [6, 6.07) is 0. The first-order chi connectivity index (χ1) is 7.08. The lowest BCUT2D eigenvalue weighted by molar-refractivity contribution is -0.0334. The molecule has 0 spiro atoms. The lowest BCUT2D eigenvalue weighted by Gasteiger charge is -2.59. The molecule has 84 valence electrons. The van der Waals surface area contributed by atoms with Gasteiger partial charge in [-0.1, -0.05) is 11.6 Å². The fourth-order valence-corrected chi connectivity index (χ4v) is 4.74. The molecule has 4 saturated carbocycles. The lowest BCUT2D eigenvalue weighted by atomic mass is 9.48. The zero-order valence-electron chi connectivity index (χ0n) is 10.00. The normalized spacial score (nSPS) is 51.9. The molecule has 0 amide bonds. The monoisotopic (exact) mass is 205 g/mol. The molecule has 0 aliphatic heterocycles. The Bertz CT molecular complexity index is 270. The Morgan fingerprint density at radius 2 is 1.47 bits per heavy atom. The number of rotatable bonds is 1. The van der Waals surface area contributed by atoms with Crippen LogP contribution >= 0.6 is 0 Å². The minimum atomic E-state index is 0.0618. The Hall–Kier alpha value is -0.300. The van der Waals surface area contributed by atoms with E-state index in [1.165, 1.54) is 37.7 Å². The molecule has 4 aliphatic rings. The van der Waals surface area contributed by atoms with Crippen LogP contribution in [0.5, 0.6) is 0 Å². The van der Waals surface area contributed by atoms with Crippen molar-refractivity contribution < 1.29 is 0 Å². The second-order valence-corrected chi connectivity index (χ2v) is 6.53. The smallest absolute Gasteiger partial charge is 0.0399 e. The molecule has 4 aliphatic carbocycles. The van der Waals surface area contributed by atoms with Crippen LogP contribution < -0.4 is 5.73 Å². The van der Waals surface area contributed by atoms with Crippen molar-refractivity contribution in [2.45, 2.75) is 51.5 Å². The first-order valence-electron chi connectivity index (χ1n) is 6.53. The molecule has 4 fully saturated rings. The summed E-state index contributed by atoms with van der Waals surface area (Å²) in [5.74, 6) is 3.64. The van der Waals surface area contributed by atoms with E-state index in [9.17, 15) is 0 Å². The second-order valence-electron chi connectivity index (χ2n) is 6.53. The molecule has 1 heteroatoms. The summed E-state index contributed by atoms with van der Waals surface area (Å²) in [6.07, 6.45) is 9.54. The maximum atomic E-state index is 6.72. The first-order valence-corrected chi connectivity index (χ1v) is 6.53. The predicted molar refractivity (Wildman–Crippen MR) is 63.4 cm³/mol. The van der Waals surface area contributed by atoms with Crippen molar-refractivity contribution in [3.8, 4) is 0 Å². The van der Waals surface area contributed by atoms with Crippen LogP contribution in [0.15, 0.2) is 11.6 Å². The Morgan fingerprint density at radius 3 is 1.87 bits per heavy atom. The van der Waals surface area contributed by atoms with Crippen molar-refractivity contribution in [1.82, 2.24) is 0 Å². The summed E-state index contributed by atoms with van der Waals surface area (Å²) in [7, 11) is 0. The summed E-state index contributed by atoms with van der Waals surface area (Å²) < 4.78 is 0. The average Bonchev–Trinajstić information content (AvgIpc) is 2.12. The molecule has 1 nitrogen and oxygen atoms in total. The third kappa shape index (κ3) is 1.39. The van der Waals surface area contributed by atoms with E-state index < -0.39 is 0 Å². The van der Waals surface area contributed by atoms with Gasteiger partial charge in [-0.15, -0.1) is 0 Å². The van der Waals surface area contributed by atoms with Gasteiger partial charge in [0.25, 0.3) is 0 Å². The van der Waals surface area contributed by atoms with E-state index in [0.29, 0.717) is 0 Å². The van der Waals surface area contributed by atoms with E-state index >= 15 is 0 Å². The molecular formula is C14H23N. The zero-order valence-corrected chi connectivity index (χ0v) is 10.00. The molecule has 0 aromatic carbocycles. The molecule has 0 radical (unpaired) electrons. The fraction of sp³-hybridized carbons (Fsp3) is 0.857. The maximum Gasteiger partial charge on any atom is 0.0399 e. The largest absolute Gasteiger partial charge is 0.321 e. The predicted octanol–water partition coefficient (Wildman–Crippen LogP) is 3.11. The molecule has 4 rings (SSSR count). The average molecular weight is 205 g/mol. The molecule has 15 heavy (non-hydrogen) atoms. The topological polar surface area (TPSA) is 26.0 Å². The second kappa shape index (κ2) is 3.10. The maximum absolute atomic E-state index is 6.72. The van der Waals surface area contributed by atoms with Gasteiger partial charge >= 0.3 is 0 Å². The highest BCUT2D eigenvalue weighted by molar-refractivity contribution is 5.21. The van der Waals surface area contributed by atoms with E-state index in [4.69, 9.17) is 5.73 Å². The van der Waals surface area contributed by atoms with Crippen molar-refractivity contribution in [1.29, 1.82) is 0 Å². The third-order valence-corrected chi connectivity index (χ3v) is 5.09. The number of hydrogen-bond donors (Lipinski definition) is 1. The minimum absolute atomic E-state index is 0.0618. The van der Waals surface area contributed by atoms with Crippen LogP contribution in [0, 0.1) is 23.7 Å². The Morgan fingerprint density at radius 1 is 1.00 bits per heavy atom. The summed E-state index contributed by atoms with van der Waals surface area (Å²) in [4.78, 5) is 0. The van der Waals surface area contributed by atoms with Gasteiger partial charge in [-0.2, -0.15) is 0 Å².